The van der Waals surface area contributed by atoms with Crippen LogP contribution in [0.5, 0.6) is 0 Å². The Hall–Kier alpha value is -1.32. The summed E-state index contributed by atoms with van der Waals surface area (Å²) < 4.78 is 0. The lowest BCUT2D eigenvalue weighted by molar-refractivity contribution is 1.28. The van der Waals surface area contributed by atoms with Crippen molar-refractivity contribution in [2.45, 2.75) is 0 Å². The Morgan fingerprint density at radius 2 is 1.80 bits per heavy atom. The lowest BCUT2D eigenvalue weighted by Gasteiger charge is -2.02. The molecule has 1 aromatic carbocycles. The topological polar surface area (TPSA) is 62.8 Å². The molecule has 0 aliphatic rings. The number of hydrogen-bond donors (Lipinski definition) is 2. The SMILES string of the molecule is Cl.Cl.N=C(N)c1nccc2ccccc12. The molecule has 5 heteroatoms. The lowest BCUT2D eigenvalue weighted by Crippen LogP contribution is -2.13. The number of fused-ring (bicyclic) bond motifs is 1. The van der Waals surface area contributed by atoms with E-state index in [1.54, 1.807) is 6.20 Å². The van der Waals surface area contributed by atoms with E-state index in [1.807, 2.05) is 30.3 Å². The van der Waals surface area contributed by atoms with E-state index in [9.17, 15) is 0 Å². The molecular weight excluding hydrogens is 233 g/mol. The first-order valence-corrected chi connectivity index (χ1v) is 3.97. The molecule has 0 aliphatic heterocycles. The minimum absolute atomic E-state index is 0. The number of rotatable bonds is 1. The molecule has 80 valence electrons. The Kier molecular flexibility index (Phi) is 5.05. The van der Waals surface area contributed by atoms with Gasteiger partial charge in [0.05, 0.1) is 0 Å². The van der Waals surface area contributed by atoms with Gasteiger partial charge in [0.25, 0.3) is 0 Å². The van der Waals surface area contributed by atoms with Crippen LogP contribution in [-0.2, 0) is 0 Å². The Morgan fingerprint density at radius 3 is 2.47 bits per heavy atom. The highest BCUT2D eigenvalue weighted by Crippen LogP contribution is 2.15. The molecule has 0 radical (unpaired) electrons. The summed E-state index contributed by atoms with van der Waals surface area (Å²) in [4.78, 5) is 4.06. The van der Waals surface area contributed by atoms with Crippen LogP contribution in [0.2, 0.25) is 0 Å². The van der Waals surface area contributed by atoms with Crippen molar-refractivity contribution in [1.82, 2.24) is 4.98 Å². The second kappa shape index (κ2) is 5.53. The van der Waals surface area contributed by atoms with Crippen LogP contribution in [0.25, 0.3) is 10.8 Å². The Morgan fingerprint density at radius 1 is 1.13 bits per heavy atom. The minimum atomic E-state index is 0. The number of halogens is 2. The van der Waals surface area contributed by atoms with E-state index in [1.165, 1.54) is 0 Å². The molecule has 2 rings (SSSR count). The average Bonchev–Trinajstić information content (AvgIpc) is 2.17. The number of nitrogens with zero attached hydrogens (tertiary/aromatic N) is 1. The molecule has 0 saturated heterocycles. The first-order valence-electron chi connectivity index (χ1n) is 3.97. The molecule has 0 unspecified atom stereocenters. The van der Waals surface area contributed by atoms with Crippen LogP contribution in [0.4, 0.5) is 0 Å². The Labute approximate surface area is 100 Å². The van der Waals surface area contributed by atoms with Crippen LogP contribution in [0.15, 0.2) is 36.5 Å². The maximum Gasteiger partial charge on any atom is 0.142 e. The predicted molar refractivity (Wildman–Crippen MR) is 67.3 cm³/mol. The smallest absolute Gasteiger partial charge is 0.142 e. The zero-order valence-electron chi connectivity index (χ0n) is 7.81. The van der Waals surface area contributed by atoms with E-state index < -0.39 is 0 Å². The summed E-state index contributed by atoms with van der Waals surface area (Å²) in [6.45, 7) is 0. The van der Waals surface area contributed by atoms with Gasteiger partial charge in [0.15, 0.2) is 0 Å². The predicted octanol–water partition coefficient (Wildman–Crippen LogP) is 2.36. The van der Waals surface area contributed by atoms with Crippen LogP contribution >= 0.6 is 24.8 Å². The number of hydrogen-bond acceptors (Lipinski definition) is 2. The van der Waals surface area contributed by atoms with Gasteiger partial charge >= 0.3 is 0 Å². The van der Waals surface area contributed by atoms with Crippen LogP contribution < -0.4 is 5.73 Å². The highest BCUT2D eigenvalue weighted by atomic mass is 35.5. The van der Waals surface area contributed by atoms with Gasteiger partial charge in [-0.2, -0.15) is 0 Å². The molecular formula is C10H11Cl2N3. The Bertz CT molecular complexity index is 466. The third-order valence-corrected chi connectivity index (χ3v) is 1.93. The molecule has 0 aliphatic carbocycles. The standard InChI is InChI=1S/C10H9N3.2ClH/c11-10(12)9-8-4-2-1-3-7(8)5-6-13-9;;/h1-6H,(H3,11,12);2*1H. The maximum absolute atomic E-state index is 7.33. The van der Waals surface area contributed by atoms with Gasteiger partial charge in [-0.25, -0.2) is 0 Å². The van der Waals surface area contributed by atoms with Crippen LogP contribution in [0.3, 0.4) is 0 Å². The van der Waals surface area contributed by atoms with Gasteiger partial charge in [0.2, 0.25) is 0 Å². The molecule has 0 saturated carbocycles. The molecule has 2 aromatic rings. The zero-order chi connectivity index (χ0) is 9.26. The largest absolute Gasteiger partial charge is 0.382 e. The quantitative estimate of drug-likeness (QED) is 0.597. The van der Waals surface area contributed by atoms with Gasteiger partial charge in [0.1, 0.15) is 11.5 Å². The first kappa shape index (κ1) is 13.7. The van der Waals surface area contributed by atoms with Gasteiger partial charge in [-0.15, -0.1) is 24.8 Å². The van der Waals surface area contributed by atoms with Crippen molar-refractivity contribution in [3.05, 3.63) is 42.2 Å². The summed E-state index contributed by atoms with van der Waals surface area (Å²) in [5.74, 6) is 0.0109. The van der Waals surface area contributed by atoms with Crippen molar-refractivity contribution >= 4 is 41.4 Å². The molecule has 1 aromatic heterocycles. The van der Waals surface area contributed by atoms with E-state index in [0.29, 0.717) is 5.69 Å². The van der Waals surface area contributed by atoms with Crippen LogP contribution in [0.1, 0.15) is 5.69 Å². The monoisotopic (exact) mass is 243 g/mol. The molecule has 0 bridgehead atoms. The number of amidine groups is 1. The fourth-order valence-corrected chi connectivity index (χ4v) is 1.33. The van der Waals surface area contributed by atoms with E-state index in [2.05, 4.69) is 4.98 Å². The van der Waals surface area contributed by atoms with Crippen molar-refractivity contribution in [2.24, 2.45) is 5.73 Å². The minimum Gasteiger partial charge on any atom is -0.382 e. The molecule has 0 spiro atoms. The first-order chi connectivity index (χ1) is 6.29. The van der Waals surface area contributed by atoms with Gasteiger partial charge < -0.3 is 5.73 Å². The Balaban J connectivity index is 0.000000980. The zero-order valence-corrected chi connectivity index (χ0v) is 9.44. The van der Waals surface area contributed by atoms with Gasteiger partial charge in [-0.1, -0.05) is 24.3 Å². The molecule has 0 fully saturated rings. The molecule has 0 amide bonds. The van der Waals surface area contributed by atoms with Crippen molar-refractivity contribution in [3.8, 4) is 0 Å². The molecule has 0 atom stereocenters. The number of nitrogens with two attached hydrogens (primary N) is 1. The van der Waals surface area contributed by atoms with E-state index in [-0.39, 0.29) is 30.6 Å². The fourth-order valence-electron chi connectivity index (χ4n) is 1.33. The van der Waals surface area contributed by atoms with E-state index >= 15 is 0 Å². The molecule has 15 heavy (non-hydrogen) atoms. The number of nitrogen functional groups attached to an aromatic ring is 1. The van der Waals surface area contributed by atoms with E-state index in [4.69, 9.17) is 11.1 Å². The summed E-state index contributed by atoms with van der Waals surface area (Å²) in [6.07, 6.45) is 1.67. The van der Waals surface area contributed by atoms with Gasteiger partial charge in [0, 0.05) is 11.6 Å². The lowest BCUT2D eigenvalue weighted by atomic mass is 10.1. The van der Waals surface area contributed by atoms with Crippen molar-refractivity contribution in [2.75, 3.05) is 0 Å². The van der Waals surface area contributed by atoms with Crippen molar-refractivity contribution < 1.29 is 0 Å². The third-order valence-electron chi connectivity index (χ3n) is 1.93. The number of aromatic nitrogens is 1. The molecule has 3 N–H and O–H groups in total. The highest BCUT2D eigenvalue weighted by Gasteiger charge is 2.02. The molecule has 1 heterocycles. The second-order valence-electron chi connectivity index (χ2n) is 2.79. The van der Waals surface area contributed by atoms with Crippen molar-refractivity contribution in [1.29, 1.82) is 5.41 Å². The summed E-state index contributed by atoms with van der Waals surface area (Å²) in [5, 5.41) is 9.32. The van der Waals surface area contributed by atoms with Gasteiger partial charge in [-0.3, -0.25) is 10.4 Å². The summed E-state index contributed by atoms with van der Waals surface area (Å²) >= 11 is 0. The van der Waals surface area contributed by atoms with Crippen LogP contribution in [0, 0.1) is 5.41 Å². The second-order valence-corrected chi connectivity index (χ2v) is 2.79. The maximum atomic E-state index is 7.33. The number of nitrogens with one attached hydrogen (secondary N) is 1. The normalized spacial score (nSPS) is 8.80. The van der Waals surface area contributed by atoms with Crippen molar-refractivity contribution in [3.63, 3.8) is 0 Å². The van der Waals surface area contributed by atoms with Gasteiger partial charge in [-0.05, 0) is 11.5 Å². The third kappa shape index (κ3) is 2.58. The number of benzene rings is 1. The highest BCUT2D eigenvalue weighted by molar-refractivity contribution is 6.05. The molecule has 3 nitrogen and oxygen atoms in total. The average molecular weight is 244 g/mol. The number of pyridine rings is 1. The summed E-state index contributed by atoms with van der Waals surface area (Å²) in [6, 6.07) is 9.66. The van der Waals surface area contributed by atoms with E-state index in [0.717, 1.165) is 10.8 Å². The fraction of sp³-hybridized carbons (Fsp3) is 0. The summed E-state index contributed by atoms with van der Waals surface area (Å²) in [7, 11) is 0. The summed E-state index contributed by atoms with van der Waals surface area (Å²) in [5.41, 5.74) is 5.95. The van der Waals surface area contributed by atoms with Crippen LogP contribution in [-0.4, -0.2) is 10.8 Å².